The normalized spacial score (nSPS) is 19.5. The molecule has 2 saturated carbocycles. The van der Waals surface area contributed by atoms with Crippen LogP contribution in [-0.2, 0) is 0 Å². The summed E-state index contributed by atoms with van der Waals surface area (Å²) in [7, 11) is 0. The van der Waals surface area contributed by atoms with Crippen LogP contribution in [0.15, 0.2) is 40.2 Å². The topological polar surface area (TPSA) is 59.8 Å². The van der Waals surface area contributed by atoms with Gasteiger partial charge in [-0.2, -0.15) is 4.98 Å². The summed E-state index contributed by atoms with van der Waals surface area (Å²) in [6.07, 6.45) is 6.91. The number of pyridine rings is 1. The average Bonchev–Trinajstić information content (AvgIpc) is 3.38. The third-order valence-corrected chi connectivity index (χ3v) is 7.61. The van der Waals surface area contributed by atoms with Crippen molar-refractivity contribution in [2.24, 2.45) is 5.41 Å². The lowest BCUT2D eigenvalue weighted by Crippen LogP contribution is -2.30. The summed E-state index contributed by atoms with van der Waals surface area (Å²) in [5.74, 6) is -0.309. The molecule has 1 aromatic carbocycles. The van der Waals surface area contributed by atoms with Crippen LogP contribution >= 0.6 is 11.8 Å². The molecule has 0 aliphatic heterocycles. The summed E-state index contributed by atoms with van der Waals surface area (Å²) in [6, 6.07) is 7.54. The molecule has 2 aliphatic carbocycles. The van der Waals surface area contributed by atoms with Gasteiger partial charge in [0, 0.05) is 33.5 Å². The highest BCUT2D eigenvalue weighted by atomic mass is 32.2. The van der Waals surface area contributed by atoms with Gasteiger partial charge in [0.25, 0.3) is 5.56 Å². The third-order valence-electron chi connectivity index (χ3n) is 6.61. The van der Waals surface area contributed by atoms with Gasteiger partial charge in [0.05, 0.1) is 0 Å². The number of aromatic nitrogens is 3. The molecule has 31 heavy (non-hydrogen) atoms. The number of benzene rings is 1. The maximum absolute atomic E-state index is 14.5. The number of halogens is 1. The van der Waals surface area contributed by atoms with Crippen molar-refractivity contribution in [2.45, 2.75) is 69.1 Å². The van der Waals surface area contributed by atoms with Crippen LogP contribution < -0.4 is 10.9 Å². The minimum atomic E-state index is -0.728. The van der Waals surface area contributed by atoms with E-state index in [1.165, 1.54) is 11.0 Å². The zero-order valence-electron chi connectivity index (χ0n) is 18.1. The summed E-state index contributed by atoms with van der Waals surface area (Å²) in [5.41, 5.74) is 2.12. The van der Waals surface area contributed by atoms with Gasteiger partial charge in [-0.1, -0.05) is 20.3 Å². The average molecular weight is 439 g/mol. The number of thioether (sulfide) groups is 1. The van der Waals surface area contributed by atoms with Gasteiger partial charge in [-0.25, -0.2) is 9.37 Å². The van der Waals surface area contributed by atoms with E-state index in [0.717, 1.165) is 43.4 Å². The van der Waals surface area contributed by atoms with Crippen LogP contribution in [0.5, 0.6) is 0 Å². The molecule has 1 N–H and O–H groups in total. The molecular weight excluding hydrogens is 411 g/mol. The highest BCUT2D eigenvalue weighted by Gasteiger charge is 2.53. The molecule has 5 nitrogen and oxygen atoms in total. The Labute approximate surface area is 185 Å². The Kier molecular flexibility index (Phi) is 5.04. The van der Waals surface area contributed by atoms with Crippen molar-refractivity contribution in [2.75, 3.05) is 5.32 Å². The van der Waals surface area contributed by atoms with Gasteiger partial charge in [0.15, 0.2) is 5.82 Å². The summed E-state index contributed by atoms with van der Waals surface area (Å²) < 4.78 is 16.1. The maximum Gasteiger partial charge on any atom is 0.288 e. The Morgan fingerprint density at radius 3 is 2.77 bits per heavy atom. The van der Waals surface area contributed by atoms with E-state index in [2.05, 4.69) is 43.2 Å². The summed E-state index contributed by atoms with van der Waals surface area (Å²) in [5, 5.41) is 4.37. The first kappa shape index (κ1) is 20.5. The van der Waals surface area contributed by atoms with E-state index >= 15 is 0 Å². The maximum atomic E-state index is 14.5. The molecule has 1 unspecified atom stereocenters. The van der Waals surface area contributed by atoms with Gasteiger partial charge >= 0.3 is 0 Å². The van der Waals surface area contributed by atoms with Gasteiger partial charge in [0.2, 0.25) is 5.95 Å². The highest BCUT2D eigenvalue weighted by Crippen LogP contribution is 2.63. The molecule has 0 amide bonds. The lowest BCUT2D eigenvalue weighted by molar-refractivity contribution is 0.352. The number of rotatable bonds is 5. The zero-order valence-corrected chi connectivity index (χ0v) is 18.9. The van der Waals surface area contributed by atoms with Crippen LogP contribution in [0.3, 0.4) is 0 Å². The molecule has 2 fully saturated rings. The highest BCUT2D eigenvalue weighted by molar-refractivity contribution is 7.99. The number of nitrogens with zero attached hydrogens (tertiary/aromatic N) is 3. The van der Waals surface area contributed by atoms with Gasteiger partial charge in [-0.15, -0.1) is 11.8 Å². The Bertz CT molecular complexity index is 1220. The monoisotopic (exact) mass is 438 g/mol. The first-order valence-electron chi connectivity index (χ1n) is 11.0. The first-order valence-corrected chi connectivity index (χ1v) is 11.9. The van der Waals surface area contributed by atoms with Crippen LogP contribution in [-0.4, -0.2) is 19.8 Å². The van der Waals surface area contributed by atoms with Crippen molar-refractivity contribution in [1.82, 2.24) is 14.5 Å². The molecule has 5 rings (SSSR count). The fourth-order valence-electron chi connectivity index (χ4n) is 4.95. The molecule has 2 aromatic heterocycles. The van der Waals surface area contributed by atoms with Crippen LogP contribution in [0, 0.1) is 18.2 Å². The predicted octanol–water partition coefficient (Wildman–Crippen LogP) is 5.99. The second-order valence-corrected chi connectivity index (χ2v) is 10.8. The minimum Gasteiger partial charge on any atom is -0.324 e. The third kappa shape index (κ3) is 3.73. The van der Waals surface area contributed by atoms with E-state index in [0.29, 0.717) is 22.2 Å². The van der Waals surface area contributed by atoms with Crippen molar-refractivity contribution in [1.29, 1.82) is 0 Å². The second kappa shape index (κ2) is 7.62. The molecular formula is C24H27FN4OS. The molecule has 1 spiro atoms. The van der Waals surface area contributed by atoms with Crippen molar-refractivity contribution >= 4 is 34.4 Å². The molecule has 162 valence electrons. The summed E-state index contributed by atoms with van der Waals surface area (Å²) in [4.78, 5) is 23.1. The fraction of sp³-hybridized carbons (Fsp3) is 0.458. The van der Waals surface area contributed by atoms with Crippen LogP contribution in [0.1, 0.15) is 57.6 Å². The number of hydrogen-bond donors (Lipinski definition) is 1. The van der Waals surface area contributed by atoms with Crippen molar-refractivity contribution in [3.8, 4) is 0 Å². The Balaban J connectivity index is 1.54. The second-order valence-electron chi connectivity index (χ2n) is 9.18. The molecule has 7 heteroatoms. The van der Waals surface area contributed by atoms with E-state index in [-0.39, 0.29) is 11.5 Å². The molecule has 0 radical (unpaired) electrons. The number of anilines is 2. The molecule has 3 aromatic rings. The number of fused-ring (bicyclic) bond motifs is 1. The lowest BCUT2D eigenvalue weighted by Gasteiger charge is -2.23. The number of hydrogen-bond acceptors (Lipinski definition) is 5. The zero-order chi connectivity index (χ0) is 21.8. The Hall–Kier alpha value is -2.41. The minimum absolute atomic E-state index is 0.0232. The molecule has 0 saturated heterocycles. The van der Waals surface area contributed by atoms with Crippen LogP contribution in [0.4, 0.5) is 16.0 Å². The van der Waals surface area contributed by atoms with Crippen molar-refractivity contribution in [3.63, 3.8) is 0 Å². The van der Waals surface area contributed by atoms with Crippen LogP contribution in [0.25, 0.3) is 11.0 Å². The van der Waals surface area contributed by atoms with E-state index < -0.39 is 11.4 Å². The largest absolute Gasteiger partial charge is 0.324 e. The van der Waals surface area contributed by atoms with Gasteiger partial charge < -0.3 is 5.32 Å². The van der Waals surface area contributed by atoms with Gasteiger partial charge in [-0.3, -0.25) is 9.36 Å². The van der Waals surface area contributed by atoms with E-state index in [1.54, 1.807) is 10.8 Å². The lowest BCUT2D eigenvalue weighted by atomic mass is 10.00. The Morgan fingerprint density at radius 2 is 2.06 bits per heavy atom. The summed E-state index contributed by atoms with van der Waals surface area (Å²) in [6.45, 7) is 6.40. The van der Waals surface area contributed by atoms with E-state index in [4.69, 9.17) is 4.98 Å². The number of nitrogens with one attached hydrogen (secondary N) is 1. The quantitative estimate of drug-likeness (QED) is 0.496. The summed E-state index contributed by atoms with van der Waals surface area (Å²) >= 11 is 1.82. The predicted molar refractivity (Wildman–Crippen MR) is 124 cm³/mol. The molecule has 2 aliphatic rings. The molecule has 1 atom stereocenters. The van der Waals surface area contributed by atoms with E-state index in [9.17, 15) is 9.18 Å². The SMILES string of the molecule is Cc1cc(SC(C)C)ccc1Nc1ncc2cc(F)c(=O)n(C3CCCC34CC4)c2n1. The standard InChI is InChI=1S/C24H27FN4OS/c1-14(2)31-17-6-7-19(15(3)11-17)27-23-26-13-16-12-18(25)22(30)29(21(16)28-23)20-5-4-8-24(20)9-10-24/h6-7,11-14,20H,4-5,8-10H2,1-3H3,(H,26,27,28). The molecule has 2 heterocycles. The number of aryl methyl sites for hydroxylation is 1. The fourth-order valence-corrected chi connectivity index (χ4v) is 5.88. The van der Waals surface area contributed by atoms with E-state index in [1.807, 2.05) is 17.8 Å². The van der Waals surface area contributed by atoms with Gasteiger partial charge in [0.1, 0.15) is 5.65 Å². The van der Waals surface area contributed by atoms with Crippen molar-refractivity contribution < 1.29 is 4.39 Å². The molecule has 0 bridgehead atoms. The van der Waals surface area contributed by atoms with Crippen molar-refractivity contribution in [3.05, 3.63) is 52.2 Å². The Morgan fingerprint density at radius 1 is 1.26 bits per heavy atom. The smallest absolute Gasteiger partial charge is 0.288 e. The van der Waals surface area contributed by atoms with Gasteiger partial charge in [-0.05, 0) is 67.9 Å². The van der Waals surface area contributed by atoms with Crippen LogP contribution in [0.2, 0.25) is 0 Å². The first-order chi connectivity index (χ1) is 14.9.